The standard InChI is InChI=1S/C13H20N2O/c1-9(16)6-7-15-13-5-2-10-8-11(14)3-4-12(10)13/h3-4,8-9,13,15-16H,2,5-7,14H2,1H3. The highest BCUT2D eigenvalue weighted by Gasteiger charge is 2.21. The lowest BCUT2D eigenvalue weighted by Crippen LogP contribution is -2.23. The third kappa shape index (κ3) is 2.54. The molecule has 0 bridgehead atoms. The topological polar surface area (TPSA) is 58.3 Å². The van der Waals surface area contributed by atoms with Gasteiger partial charge in [-0.25, -0.2) is 0 Å². The van der Waals surface area contributed by atoms with E-state index >= 15 is 0 Å². The fraction of sp³-hybridized carbons (Fsp3) is 0.538. The molecule has 0 aromatic heterocycles. The lowest BCUT2D eigenvalue weighted by atomic mass is 10.1. The molecule has 1 aromatic carbocycles. The summed E-state index contributed by atoms with van der Waals surface area (Å²) in [6.45, 7) is 2.69. The highest BCUT2D eigenvalue weighted by molar-refractivity contribution is 5.47. The van der Waals surface area contributed by atoms with Crippen molar-refractivity contribution in [3.05, 3.63) is 29.3 Å². The van der Waals surface area contributed by atoms with Crippen LogP contribution in [0, 0.1) is 0 Å². The number of anilines is 1. The number of aliphatic hydroxyl groups is 1. The van der Waals surface area contributed by atoms with Gasteiger partial charge in [0.05, 0.1) is 6.10 Å². The second-order valence-corrected chi connectivity index (χ2v) is 4.64. The fourth-order valence-corrected chi connectivity index (χ4v) is 2.32. The summed E-state index contributed by atoms with van der Waals surface area (Å²) in [6.07, 6.45) is 2.83. The second-order valence-electron chi connectivity index (χ2n) is 4.64. The average molecular weight is 220 g/mol. The van der Waals surface area contributed by atoms with Gasteiger partial charge in [0, 0.05) is 11.7 Å². The van der Waals surface area contributed by atoms with Crippen molar-refractivity contribution in [3.8, 4) is 0 Å². The van der Waals surface area contributed by atoms with E-state index in [1.54, 1.807) is 0 Å². The van der Waals surface area contributed by atoms with Crippen molar-refractivity contribution in [1.29, 1.82) is 0 Å². The molecular formula is C13H20N2O. The predicted molar refractivity (Wildman–Crippen MR) is 66.2 cm³/mol. The molecule has 0 spiro atoms. The van der Waals surface area contributed by atoms with Gasteiger partial charge in [0.25, 0.3) is 0 Å². The summed E-state index contributed by atoms with van der Waals surface area (Å²) in [6, 6.07) is 6.60. The molecule has 2 rings (SSSR count). The van der Waals surface area contributed by atoms with E-state index in [1.165, 1.54) is 11.1 Å². The predicted octanol–water partition coefficient (Wildman–Crippen LogP) is 1.62. The molecule has 88 valence electrons. The first kappa shape index (κ1) is 11.4. The zero-order chi connectivity index (χ0) is 11.5. The lowest BCUT2D eigenvalue weighted by molar-refractivity contribution is 0.182. The van der Waals surface area contributed by atoms with E-state index in [1.807, 2.05) is 13.0 Å². The first-order valence-electron chi connectivity index (χ1n) is 5.96. The smallest absolute Gasteiger partial charge is 0.0524 e. The summed E-state index contributed by atoms with van der Waals surface area (Å²) in [4.78, 5) is 0. The molecule has 2 unspecified atom stereocenters. The van der Waals surface area contributed by atoms with E-state index in [2.05, 4.69) is 17.4 Å². The van der Waals surface area contributed by atoms with Gasteiger partial charge >= 0.3 is 0 Å². The third-order valence-electron chi connectivity index (χ3n) is 3.20. The number of rotatable bonds is 4. The lowest BCUT2D eigenvalue weighted by Gasteiger charge is -2.14. The van der Waals surface area contributed by atoms with Crippen LogP contribution in [0.15, 0.2) is 18.2 Å². The maximum Gasteiger partial charge on any atom is 0.0524 e. The molecule has 4 N–H and O–H groups in total. The number of nitrogens with two attached hydrogens (primary N) is 1. The van der Waals surface area contributed by atoms with Crippen molar-refractivity contribution < 1.29 is 5.11 Å². The van der Waals surface area contributed by atoms with Crippen LogP contribution in [0.5, 0.6) is 0 Å². The summed E-state index contributed by atoms with van der Waals surface area (Å²) in [5.74, 6) is 0. The fourth-order valence-electron chi connectivity index (χ4n) is 2.32. The molecule has 3 heteroatoms. The first-order valence-corrected chi connectivity index (χ1v) is 5.96. The molecule has 0 amide bonds. The molecule has 0 saturated carbocycles. The molecular weight excluding hydrogens is 200 g/mol. The van der Waals surface area contributed by atoms with E-state index in [0.29, 0.717) is 6.04 Å². The zero-order valence-corrected chi connectivity index (χ0v) is 9.74. The van der Waals surface area contributed by atoms with Gasteiger partial charge in [0.2, 0.25) is 0 Å². The molecule has 1 aliphatic carbocycles. The Kier molecular flexibility index (Phi) is 3.46. The Hall–Kier alpha value is -1.06. The number of benzene rings is 1. The third-order valence-corrected chi connectivity index (χ3v) is 3.20. The van der Waals surface area contributed by atoms with E-state index in [4.69, 9.17) is 5.73 Å². The summed E-state index contributed by atoms with van der Waals surface area (Å²) >= 11 is 0. The van der Waals surface area contributed by atoms with Crippen LogP contribution in [0.1, 0.15) is 36.9 Å². The van der Waals surface area contributed by atoms with Gasteiger partial charge in [-0.2, -0.15) is 0 Å². The summed E-state index contributed by atoms with van der Waals surface area (Å²) in [5.41, 5.74) is 9.36. The van der Waals surface area contributed by atoms with Gasteiger partial charge < -0.3 is 16.2 Å². The summed E-state index contributed by atoms with van der Waals surface area (Å²) < 4.78 is 0. The van der Waals surface area contributed by atoms with E-state index in [0.717, 1.165) is 31.5 Å². The van der Waals surface area contributed by atoms with Crippen LogP contribution >= 0.6 is 0 Å². The quantitative estimate of drug-likeness (QED) is 0.676. The van der Waals surface area contributed by atoms with Crippen molar-refractivity contribution in [1.82, 2.24) is 5.32 Å². The Morgan fingerprint density at radius 1 is 1.56 bits per heavy atom. The molecule has 0 radical (unpaired) electrons. The van der Waals surface area contributed by atoms with Crippen LogP contribution in [0.2, 0.25) is 0 Å². The highest BCUT2D eigenvalue weighted by Crippen LogP contribution is 2.32. The van der Waals surface area contributed by atoms with Crippen molar-refractivity contribution in [2.24, 2.45) is 0 Å². The Labute approximate surface area is 96.7 Å². The molecule has 1 aromatic rings. The van der Waals surface area contributed by atoms with Crippen molar-refractivity contribution in [2.75, 3.05) is 12.3 Å². The average Bonchev–Trinajstić information content (AvgIpc) is 2.60. The van der Waals surface area contributed by atoms with Crippen molar-refractivity contribution in [2.45, 2.75) is 38.3 Å². The Bertz CT molecular complexity index is 363. The monoisotopic (exact) mass is 220 g/mol. The van der Waals surface area contributed by atoms with Crippen LogP contribution in [0.25, 0.3) is 0 Å². The molecule has 2 atom stereocenters. The van der Waals surface area contributed by atoms with E-state index in [-0.39, 0.29) is 6.10 Å². The first-order chi connectivity index (χ1) is 7.66. The number of nitrogen functional groups attached to an aromatic ring is 1. The van der Waals surface area contributed by atoms with Crippen LogP contribution in [0.4, 0.5) is 5.69 Å². The minimum Gasteiger partial charge on any atom is -0.399 e. The van der Waals surface area contributed by atoms with Gasteiger partial charge in [0.15, 0.2) is 0 Å². The summed E-state index contributed by atoms with van der Waals surface area (Å²) in [5, 5.41) is 12.7. The Morgan fingerprint density at radius 2 is 2.38 bits per heavy atom. The van der Waals surface area contributed by atoms with Crippen LogP contribution in [-0.2, 0) is 6.42 Å². The molecule has 0 heterocycles. The molecule has 1 aliphatic rings. The number of hydrogen-bond acceptors (Lipinski definition) is 3. The Balaban J connectivity index is 1.95. The minimum atomic E-state index is -0.222. The van der Waals surface area contributed by atoms with Gasteiger partial charge in [-0.1, -0.05) is 6.07 Å². The molecule has 3 nitrogen and oxygen atoms in total. The number of aliphatic hydroxyl groups excluding tert-OH is 1. The Morgan fingerprint density at radius 3 is 3.12 bits per heavy atom. The van der Waals surface area contributed by atoms with Gasteiger partial charge in [-0.15, -0.1) is 0 Å². The number of nitrogens with one attached hydrogen (secondary N) is 1. The van der Waals surface area contributed by atoms with Gasteiger partial charge in [0.1, 0.15) is 0 Å². The van der Waals surface area contributed by atoms with E-state index in [9.17, 15) is 5.11 Å². The number of fused-ring (bicyclic) bond motifs is 1. The van der Waals surface area contributed by atoms with Crippen LogP contribution in [-0.4, -0.2) is 17.8 Å². The maximum atomic E-state index is 9.20. The van der Waals surface area contributed by atoms with Crippen molar-refractivity contribution in [3.63, 3.8) is 0 Å². The summed E-state index contributed by atoms with van der Waals surface area (Å²) in [7, 11) is 0. The van der Waals surface area contributed by atoms with E-state index < -0.39 is 0 Å². The zero-order valence-electron chi connectivity index (χ0n) is 9.74. The molecule has 0 saturated heterocycles. The number of hydrogen-bond donors (Lipinski definition) is 3. The van der Waals surface area contributed by atoms with Gasteiger partial charge in [-0.3, -0.25) is 0 Å². The minimum absolute atomic E-state index is 0.222. The highest BCUT2D eigenvalue weighted by atomic mass is 16.3. The molecule has 16 heavy (non-hydrogen) atoms. The second kappa shape index (κ2) is 4.85. The molecule has 0 aliphatic heterocycles. The number of aryl methyl sites for hydroxylation is 1. The van der Waals surface area contributed by atoms with Crippen molar-refractivity contribution >= 4 is 5.69 Å². The SMILES string of the molecule is CC(O)CCNC1CCc2cc(N)ccc21. The molecule has 0 fully saturated rings. The normalized spacial score (nSPS) is 20.8. The van der Waals surface area contributed by atoms with Crippen LogP contribution < -0.4 is 11.1 Å². The maximum absolute atomic E-state index is 9.20. The van der Waals surface area contributed by atoms with Gasteiger partial charge in [-0.05, 0) is 56.0 Å². The largest absolute Gasteiger partial charge is 0.399 e. The van der Waals surface area contributed by atoms with Crippen LogP contribution in [0.3, 0.4) is 0 Å².